The Hall–Kier alpha value is -1.90. The molecule has 0 bridgehead atoms. The highest BCUT2D eigenvalue weighted by Gasteiger charge is 2.16. The molecule has 1 aromatic carbocycles. The van der Waals surface area contributed by atoms with E-state index in [2.05, 4.69) is 0 Å². The average Bonchev–Trinajstić information content (AvgIpc) is 2.25. The third-order valence-electron chi connectivity index (χ3n) is 1.94. The molecular formula is C13H14O3. The fraction of sp³-hybridized carbons (Fsp3) is 0.231. The van der Waals surface area contributed by atoms with Crippen molar-refractivity contribution in [1.29, 1.82) is 0 Å². The number of benzene rings is 1. The third-order valence-corrected chi connectivity index (χ3v) is 1.94. The van der Waals surface area contributed by atoms with E-state index >= 15 is 0 Å². The summed E-state index contributed by atoms with van der Waals surface area (Å²) in [5.74, 6) is -0.644. The van der Waals surface area contributed by atoms with Crippen LogP contribution >= 0.6 is 0 Å². The second-order valence-corrected chi connectivity index (χ2v) is 3.62. The summed E-state index contributed by atoms with van der Waals surface area (Å²) < 4.78 is 4.92. The van der Waals surface area contributed by atoms with Crippen LogP contribution in [-0.4, -0.2) is 11.8 Å². The van der Waals surface area contributed by atoms with Gasteiger partial charge in [-0.3, -0.25) is 9.59 Å². The highest BCUT2D eigenvalue weighted by atomic mass is 16.5. The molecule has 0 saturated heterocycles. The van der Waals surface area contributed by atoms with E-state index in [4.69, 9.17) is 4.74 Å². The van der Waals surface area contributed by atoms with Crippen molar-refractivity contribution in [2.75, 3.05) is 0 Å². The molecule has 3 nitrogen and oxygen atoms in total. The minimum absolute atomic E-state index is 0.110. The fourth-order valence-corrected chi connectivity index (χ4v) is 1.24. The summed E-state index contributed by atoms with van der Waals surface area (Å²) in [4.78, 5) is 22.9. The van der Waals surface area contributed by atoms with Crippen molar-refractivity contribution in [1.82, 2.24) is 0 Å². The zero-order valence-corrected chi connectivity index (χ0v) is 9.61. The number of ketones is 1. The van der Waals surface area contributed by atoms with Crippen LogP contribution in [0.15, 0.2) is 41.7 Å². The van der Waals surface area contributed by atoms with Gasteiger partial charge in [-0.05, 0) is 19.4 Å². The van der Waals surface area contributed by atoms with Gasteiger partial charge in [0.2, 0.25) is 5.78 Å². The lowest BCUT2D eigenvalue weighted by molar-refractivity contribution is -0.136. The predicted octanol–water partition coefficient (Wildman–Crippen LogP) is 2.73. The standard InChI is InChI=1S/C13H14O3/c1-9(2)13(16-10(3)14)12(15)11-7-5-4-6-8-11/h4-8H,1-3H3. The number of Topliss-reactive ketones (excluding diaryl/α,β-unsaturated/α-hetero) is 1. The molecule has 0 aliphatic rings. The zero-order valence-electron chi connectivity index (χ0n) is 9.61. The number of hydrogen-bond donors (Lipinski definition) is 0. The Morgan fingerprint density at radius 2 is 1.56 bits per heavy atom. The Morgan fingerprint density at radius 1 is 1.00 bits per heavy atom. The molecule has 0 aliphatic heterocycles. The molecule has 84 valence electrons. The van der Waals surface area contributed by atoms with Gasteiger partial charge in [-0.1, -0.05) is 30.3 Å². The van der Waals surface area contributed by atoms with Crippen molar-refractivity contribution in [3.05, 3.63) is 47.2 Å². The monoisotopic (exact) mass is 218 g/mol. The highest BCUT2D eigenvalue weighted by molar-refractivity contribution is 6.08. The van der Waals surface area contributed by atoms with Crippen molar-refractivity contribution < 1.29 is 14.3 Å². The molecular weight excluding hydrogens is 204 g/mol. The number of hydrogen-bond acceptors (Lipinski definition) is 3. The second kappa shape index (κ2) is 5.26. The van der Waals surface area contributed by atoms with E-state index < -0.39 is 5.97 Å². The summed E-state index contributed by atoms with van der Waals surface area (Å²) in [5.41, 5.74) is 1.20. The quantitative estimate of drug-likeness (QED) is 0.339. The molecule has 16 heavy (non-hydrogen) atoms. The van der Waals surface area contributed by atoms with E-state index in [9.17, 15) is 9.59 Å². The van der Waals surface area contributed by atoms with Crippen LogP contribution in [-0.2, 0) is 9.53 Å². The van der Waals surface area contributed by atoms with Crippen LogP contribution in [0.2, 0.25) is 0 Å². The van der Waals surface area contributed by atoms with Crippen LogP contribution in [0.25, 0.3) is 0 Å². The van der Waals surface area contributed by atoms with Gasteiger partial charge < -0.3 is 4.74 Å². The minimum Gasteiger partial charge on any atom is -0.423 e. The average molecular weight is 218 g/mol. The molecule has 0 spiro atoms. The van der Waals surface area contributed by atoms with Crippen LogP contribution in [0.1, 0.15) is 31.1 Å². The van der Waals surface area contributed by atoms with Gasteiger partial charge in [-0.15, -0.1) is 0 Å². The fourth-order valence-electron chi connectivity index (χ4n) is 1.24. The molecule has 0 unspecified atom stereocenters. The smallest absolute Gasteiger partial charge is 0.308 e. The lowest BCUT2D eigenvalue weighted by Gasteiger charge is -2.08. The van der Waals surface area contributed by atoms with Gasteiger partial charge in [-0.2, -0.15) is 0 Å². The minimum atomic E-state index is -0.486. The van der Waals surface area contributed by atoms with Crippen LogP contribution in [0, 0.1) is 0 Å². The van der Waals surface area contributed by atoms with Gasteiger partial charge in [0.1, 0.15) is 0 Å². The molecule has 0 aromatic heterocycles. The summed E-state index contributed by atoms with van der Waals surface area (Å²) in [6.07, 6.45) is 0. The van der Waals surface area contributed by atoms with Crippen LogP contribution in [0.4, 0.5) is 0 Å². The van der Waals surface area contributed by atoms with Gasteiger partial charge in [0, 0.05) is 12.5 Å². The summed E-state index contributed by atoms with van der Waals surface area (Å²) in [6.45, 7) is 4.75. The first-order valence-electron chi connectivity index (χ1n) is 4.98. The normalized spacial score (nSPS) is 9.44. The lowest BCUT2D eigenvalue weighted by atomic mass is 10.1. The Morgan fingerprint density at radius 3 is 2.00 bits per heavy atom. The predicted molar refractivity (Wildman–Crippen MR) is 60.9 cm³/mol. The Labute approximate surface area is 94.7 Å². The summed E-state index contributed by atoms with van der Waals surface area (Å²) in [6, 6.07) is 8.74. The SMILES string of the molecule is CC(=O)OC(C(=O)c1ccccc1)=C(C)C. The zero-order chi connectivity index (χ0) is 12.1. The maximum Gasteiger partial charge on any atom is 0.308 e. The molecule has 1 rings (SSSR count). The van der Waals surface area contributed by atoms with Crippen molar-refractivity contribution in [2.45, 2.75) is 20.8 Å². The summed E-state index contributed by atoms with van der Waals surface area (Å²) in [5, 5.41) is 0. The number of ether oxygens (including phenoxy) is 1. The van der Waals surface area contributed by atoms with Crippen molar-refractivity contribution >= 4 is 11.8 Å². The van der Waals surface area contributed by atoms with Gasteiger partial charge in [0.25, 0.3) is 0 Å². The Balaban J connectivity index is 3.03. The van der Waals surface area contributed by atoms with Crippen LogP contribution in [0.3, 0.4) is 0 Å². The number of allylic oxidation sites excluding steroid dienone is 2. The third kappa shape index (κ3) is 3.05. The maximum absolute atomic E-state index is 12.0. The van der Waals surface area contributed by atoms with Crippen LogP contribution in [0.5, 0.6) is 0 Å². The molecule has 0 aliphatic carbocycles. The molecule has 0 atom stereocenters. The van der Waals surface area contributed by atoms with Gasteiger partial charge in [-0.25, -0.2) is 0 Å². The van der Waals surface area contributed by atoms with E-state index in [1.54, 1.807) is 38.1 Å². The number of carbonyl (C=O) groups excluding carboxylic acids is 2. The van der Waals surface area contributed by atoms with E-state index in [1.807, 2.05) is 6.07 Å². The number of rotatable bonds is 3. The van der Waals surface area contributed by atoms with Gasteiger partial charge >= 0.3 is 5.97 Å². The topological polar surface area (TPSA) is 43.4 Å². The maximum atomic E-state index is 12.0. The first-order chi connectivity index (χ1) is 7.52. The summed E-state index contributed by atoms with van der Waals surface area (Å²) in [7, 11) is 0. The van der Waals surface area contributed by atoms with Crippen LogP contribution < -0.4 is 0 Å². The highest BCUT2D eigenvalue weighted by Crippen LogP contribution is 2.13. The number of carbonyl (C=O) groups is 2. The van der Waals surface area contributed by atoms with Crippen molar-refractivity contribution in [3.63, 3.8) is 0 Å². The first kappa shape index (κ1) is 12.2. The molecule has 0 saturated carbocycles. The van der Waals surface area contributed by atoms with Gasteiger partial charge in [0.05, 0.1) is 0 Å². The molecule has 0 radical (unpaired) electrons. The molecule has 0 fully saturated rings. The largest absolute Gasteiger partial charge is 0.423 e. The number of esters is 1. The van der Waals surface area contributed by atoms with Crippen molar-refractivity contribution in [3.8, 4) is 0 Å². The molecule has 3 heteroatoms. The molecule has 0 heterocycles. The molecule has 1 aromatic rings. The first-order valence-corrected chi connectivity index (χ1v) is 4.98. The van der Waals surface area contributed by atoms with E-state index in [-0.39, 0.29) is 11.5 Å². The molecule has 0 N–H and O–H groups in total. The Kier molecular flexibility index (Phi) is 4.00. The Bertz CT molecular complexity index is 426. The lowest BCUT2D eigenvalue weighted by Crippen LogP contribution is -2.11. The second-order valence-electron chi connectivity index (χ2n) is 3.62. The van der Waals surface area contributed by atoms with Gasteiger partial charge in [0.15, 0.2) is 5.76 Å². The van der Waals surface area contributed by atoms with E-state index in [0.29, 0.717) is 11.1 Å². The van der Waals surface area contributed by atoms with Crippen molar-refractivity contribution in [2.24, 2.45) is 0 Å². The summed E-state index contributed by atoms with van der Waals surface area (Å²) >= 11 is 0. The molecule has 0 amide bonds. The van der Waals surface area contributed by atoms with E-state index in [0.717, 1.165) is 0 Å². The van der Waals surface area contributed by atoms with E-state index in [1.165, 1.54) is 6.92 Å².